The van der Waals surface area contributed by atoms with E-state index in [4.69, 9.17) is 4.74 Å². The first-order valence-electron chi connectivity index (χ1n) is 5.24. The lowest BCUT2D eigenvalue weighted by molar-refractivity contribution is -0.132. The van der Waals surface area contributed by atoms with Gasteiger partial charge in [-0.1, -0.05) is 0 Å². The molecule has 4 heteroatoms. The Hall–Kier alpha value is -1.42. The second-order valence-corrected chi connectivity index (χ2v) is 4.02. The largest absolute Gasteiger partial charge is 0.407 e. The Morgan fingerprint density at radius 1 is 1.53 bits per heavy atom. The minimum Gasteiger partial charge on any atom is -0.407 e. The van der Waals surface area contributed by atoms with Gasteiger partial charge in [-0.05, 0) is 30.5 Å². The predicted molar refractivity (Wildman–Crippen MR) is 53.8 cm³/mol. The maximum atomic E-state index is 11.2. The zero-order valence-electron chi connectivity index (χ0n) is 8.32. The van der Waals surface area contributed by atoms with E-state index in [-0.39, 0.29) is 5.97 Å². The van der Waals surface area contributed by atoms with Crippen LogP contribution in [0.2, 0.25) is 0 Å². The SMILES string of the molecule is O=C1Cc2c(C3CCNC3)ccnc2O1. The molecule has 1 fully saturated rings. The van der Waals surface area contributed by atoms with Gasteiger partial charge < -0.3 is 10.1 Å². The van der Waals surface area contributed by atoms with Gasteiger partial charge in [0.2, 0.25) is 5.88 Å². The van der Waals surface area contributed by atoms with Gasteiger partial charge >= 0.3 is 5.97 Å². The molecule has 0 aromatic carbocycles. The van der Waals surface area contributed by atoms with E-state index in [9.17, 15) is 4.79 Å². The van der Waals surface area contributed by atoms with Crippen molar-refractivity contribution in [1.29, 1.82) is 0 Å². The summed E-state index contributed by atoms with van der Waals surface area (Å²) < 4.78 is 5.04. The van der Waals surface area contributed by atoms with E-state index in [1.54, 1.807) is 6.20 Å². The van der Waals surface area contributed by atoms with Gasteiger partial charge in [0.15, 0.2) is 0 Å². The normalized spacial score (nSPS) is 24.0. The van der Waals surface area contributed by atoms with Crippen molar-refractivity contribution in [3.63, 3.8) is 0 Å². The number of pyridine rings is 1. The van der Waals surface area contributed by atoms with Crippen molar-refractivity contribution in [2.24, 2.45) is 0 Å². The minimum atomic E-state index is -0.184. The van der Waals surface area contributed by atoms with Crippen LogP contribution in [-0.4, -0.2) is 24.0 Å². The molecule has 1 atom stereocenters. The topological polar surface area (TPSA) is 51.2 Å². The third-order valence-corrected chi connectivity index (χ3v) is 3.08. The van der Waals surface area contributed by atoms with Crippen LogP contribution in [0.25, 0.3) is 0 Å². The van der Waals surface area contributed by atoms with E-state index >= 15 is 0 Å². The highest BCUT2D eigenvalue weighted by Gasteiger charge is 2.28. The number of fused-ring (bicyclic) bond motifs is 1. The predicted octanol–water partition coefficient (Wildman–Crippen LogP) is 0.620. The van der Waals surface area contributed by atoms with Gasteiger partial charge in [0.25, 0.3) is 0 Å². The Labute approximate surface area is 87.7 Å². The molecule has 0 spiro atoms. The number of ether oxygens (including phenoxy) is 1. The van der Waals surface area contributed by atoms with Crippen LogP contribution < -0.4 is 10.1 Å². The number of esters is 1. The van der Waals surface area contributed by atoms with Crippen molar-refractivity contribution in [3.05, 3.63) is 23.4 Å². The number of carbonyl (C=O) groups is 1. The number of aromatic nitrogens is 1. The molecule has 0 radical (unpaired) electrons. The summed E-state index contributed by atoms with van der Waals surface area (Å²) in [6.45, 7) is 2.04. The highest BCUT2D eigenvalue weighted by Crippen LogP contribution is 2.33. The molecule has 2 aliphatic heterocycles. The summed E-state index contributed by atoms with van der Waals surface area (Å²) in [5.41, 5.74) is 2.23. The molecule has 1 aromatic rings. The molecule has 0 amide bonds. The molecule has 78 valence electrons. The summed E-state index contributed by atoms with van der Waals surface area (Å²) in [5.74, 6) is 0.844. The lowest BCUT2D eigenvalue weighted by atomic mass is 9.94. The van der Waals surface area contributed by atoms with Gasteiger partial charge in [0.1, 0.15) is 0 Å². The van der Waals surface area contributed by atoms with Crippen LogP contribution in [0.1, 0.15) is 23.5 Å². The van der Waals surface area contributed by atoms with Crippen molar-refractivity contribution < 1.29 is 9.53 Å². The molecular weight excluding hydrogens is 192 g/mol. The van der Waals surface area contributed by atoms with Gasteiger partial charge in [-0.25, -0.2) is 4.98 Å². The number of carbonyl (C=O) groups excluding carboxylic acids is 1. The number of hydrogen-bond donors (Lipinski definition) is 1. The minimum absolute atomic E-state index is 0.184. The molecular formula is C11H12N2O2. The summed E-state index contributed by atoms with van der Waals surface area (Å²) in [7, 11) is 0. The fourth-order valence-electron chi connectivity index (χ4n) is 2.34. The Morgan fingerprint density at radius 2 is 2.47 bits per heavy atom. The van der Waals surface area contributed by atoms with Crippen LogP contribution in [0.5, 0.6) is 5.88 Å². The summed E-state index contributed by atoms with van der Waals surface area (Å²) in [6, 6.07) is 2.01. The summed E-state index contributed by atoms with van der Waals surface area (Å²) in [5, 5.41) is 3.33. The molecule has 1 saturated heterocycles. The molecule has 0 saturated carbocycles. The number of hydrogen-bond acceptors (Lipinski definition) is 4. The van der Waals surface area contributed by atoms with Crippen LogP contribution in [-0.2, 0) is 11.2 Å². The van der Waals surface area contributed by atoms with E-state index in [2.05, 4.69) is 10.3 Å². The van der Waals surface area contributed by atoms with Gasteiger partial charge in [-0.3, -0.25) is 4.79 Å². The number of nitrogens with one attached hydrogen (secondary N) is 1. The zero-order chi connectivity index (χ0) is 10.3. The molecule has 3 heterocycles. The number of nitrogens with zero attached hydrogens (tertiary/aromatic N) is 1. The van der Waals surface area contributed by atoms with Gasteiger partial charge in [0, 0.05) is 18.3 Å². The molecule has 0 bridgehead atoms. The summed E-state index contributed by atoms with van der Waals surface area (Å²) in [6.07, 6.45) is 3.24. The van der Waals surface area contributed by atoms with Gasteiger partial charge in [-0.15, -0.1) is 0 Å². The molecule has 15 heavy (non-hydrogen) atoms. The van der Waals surface area contributed by atoms with Crippen LogP contribution in [0.4, 0.5) is 0 Å². The Kier molecular flexibility index (Phi) is 1.95. The maximum Gasteiger partial charge on any atom is 0.317 e. The van der Waals surface area contributed by atoms with E-state index in [1.807, 2.05) is 6.07 Å². The highest BCUT2D eigenvalue weighted by atomic mass is 16.5. The standard InChI is InChI=1S/C11H12N2O2/c14-10-5-9-8(7-1-3-12-6-7)2-4-13-11(9)15-10/h2,4,7,12H,1,3,5-6H2. The molecule has 4 nitrogen and oxygen atoms in total. The lowest BCUT2D eigenvalue weighted by Gasteiger charge is -2.11. The van der Waals surface area contributed by atoms with Gasteiger partial charge in [0.05, 0.1) is 6.42 Å². The van der Waals surface area contributed by atoms with E-state index in [1.165, 1.54) is 5.56 Å². The zero-order valence-corrected chi connectivity index (χ0v) is 8.32. The third kappa shape index (κ3) is 1.41. The summed E-state index contributed by atoms with van der Waals surface area (Å²) in [4.78, 5) is 15.3. The Bertz CT molecular complexity index is 411. The van der Waals surface area contributed by atoms with Crippen molar-refractivity contribution in [3.8, 4) is 5.88 Å². The van der Waals surface area contributed by atoms with E-state index in [0.29, 0.717) is 18.2 Å². The smallest absolute Gasteiger partial charge is 0.317 e. The molecule has 1 N–H and O–H groups in total. The first kappa shape index (κ1) is 8.85. The summed E-state index contributed by atoms with van der Waals surface area (Å²) >= 11 is 0. The fraction of sp³-hybridized carbons (Fsp3) is 0.455. The monoisotopic (exact) mass is 204 g/mol. The molecule has 1 aromatic heterocycles. The maximum absolute atomic E-state index is 11.2. The molecule has 1 unspecified atom stereocenters. The first-order chi connectivity index (χ1) is 7.34. The highest BCUT2D eigenvalue weighted by molar-refractivity contribution is 5.80. The second kappa shape index (κ2) is 3.31. The molecule has 2 aliphatic rings. The van der Waals surface area contributed by atoms with Crippen LogP contribution >= 0.6 is 0 Å². The van der Waals surface area contributed by atoms with Crippen molar-refractivity contribution in [1.82, 2.24) is 10.3 Å². The van der Waals surface area contributed by atoms with Crippen molar-refractivity contribution in [2.45, 2.75) is 18.8 Å². The third-order valence-electron chi connectivity index (χ3n) is 3.08. The second-order valence-electron chi connectivity index (χ2n) is 4.02. The number of rotatable bonds is 1. The van der Waals surface area contributed by atoms with Crippen molar-refractivity contribution in [2.75, 3.05) is 13.1 Å². The fourth-order valence-corrected chi connectivity index (χ4v) is 2.34. The quantitative estimate of drug-likeness (QED) is 0.681. The average molecular weight is 204 g/mol. The van der Waals surface area contributed by atoms with Crippen LogP contribution in [0.3, 0.4) is 0 Å². The molecule has 0 aliphatic carbocycles. The first-order valence-corrected chi connectivity index (χ1v) is 5.24. The van der Waals surface area contributed by atoms with Crippen molar-refractivity contribution >= 4 is 5.97 Å². The van der Waals surface area contributed by atoms with E-state index in [0.717, 1.165) is 25.1 Å². The Balaban J connectivity index is 2.02. The Morgan fingerprint density at radius 3 is 3.27 bits per heavy atom. The average Bonchev–Trinajstić information content (AvgIpc) is 2.82. The van der Waals surface area contributed by atoms with Crippen LogP contribution in [0, 0.1) is 0 Å². The van der Waals surface area contributed by atoms with Crippen LogP contribution in [0.15, 0.2) is 12.3 Å². The molecule has 3 rings (SSSR count). The van der Waals surface area contributed by atoms with E-state index < -0.39 is 0 Å². The lowest BCUT2D eigenvalue weighted by Crippen LogP contribution is -2.09. The van der Waals surface area contributed by atoms with Gasteiger partial charge in [-0.2, -0.15) is 0 Å².